The molecule has 206 valence electrons. The molecule has 1 aromatic carbocycles. The van der Waals surface area contributed by atoms with Gasteiger partial charge in [0.15, 0.2) is 11.6 Å². The second-order valence-corrected chi connectivity index (χ2v) is 10.3. The predicted molar refractivity (Wildman–Crippen MR) is 153 cm³/mol. The minimum atomic E-state index is -0.363. The van der Waals surface area contributed by atoms with Gasteiger partial charge in [0.05, 0.1) is 5.39 Å². The van der Waals surface area contributed by atoms with Crippen LogP contribution in [0.15, 0.2) is 47.7 Å². The molecule has 3 aromatic rings. The molecule has 0 unspecified atom stereocenters. The minimum Gasteiger partial charge on any atom is -0.487 e. The van der Waals surface area contributed by atoms with E-state index < -0.39 is 0 Å². The van der Waals surface area contributed by atoms with Crippen molar-refractivity contribution in [1.82, 2.24) is 19.8 Å². The van der Waals surface area contributed by atoms with Gasteiger partial charge in [-0.15, -0.1) is 0 Å². The standard InChI is InChI=1S/C29H37FN4O2.C2H6/c1-2-3-14-34-20-26(24-8-13-32-18-25(24)29(34)35)22-4-5-28(27(30)17-22)36-23-9-15-33(16-10-23)19-21-6-11-31-12-7-21;1-2/h4-5,8,13,17-18,20-21,23,31H,2-3,6-7,9-12,14-16,19H2,1H3;1-2H3. The molecule has 6 nitrogen and oxygen atoms in total. The first-order valence-corrected chi connectivity index (χ1v) is 14.5. The third-order valence-electron chi connectivity index (χ3n) is 7.69. The Labute approximate surface area is 226 Å². The van der Waals surface area contributed by atoms with Crippen molar-refractivity contribution in [2.75, 3.05) is 32.7 Å². The molecule has 2 aliphatic rings. The van der Waals surface area contributed by atoms with Crippen LogP contribution in [-0.4, -0.2) is 53.3 Å². The van der Waals surface area contributed by atoms with Crippen molar-refractivity contribution in [3.8, 4) is 16.9 Å². The molecular weight excluding hydrogens is 479 g/mol. The normalized spacial score (nSPS) is 17.3. The van der Waals surface area contributed by atoms with Gasteiger partial charge >= 0.3 is 0 Å². The summed E-state index contributed by atoms with van der Waals surface area (Å²) in [6.45, 7) is 12.2. The van der Waals surface area contributed by atoms with Gasteiger partial charge < -0.3 is 19.5 Å². The number of likely N-dealkylation sites (tertiary alicyclic amines) is 1. The maximum atomic E-state index is 15.2. The Kier molecular flexibility index (Phi) is 10.3. The number of piperidine rings is 2. The Morgan fingerprint density at radius 1 is 1.08 bits per heavy atom. The van der Waals surface area contributed by atoms with E-state index in [1.807, 2.05) is 32.2 Å². The molecule has 2 saturated heterocycles. The molecule has 38 heavy (non-hydrogen) atoms. The molecule has 0 bridgehead atoms. The van der Waals surface area contributed by atoms with E-state index in [0.717, 1.165) is 74.3 Å². The molecule has 0 aliphatic carbocycles. The van der Waals surface area contributed by atoms with Crippen LogP contribution in [-0.2, 0) is 6.54 Å². The van der Waals surface area contributed by atoms with Crippen molar-refractivity contribution >= 4 is 10.8 Å². The largest absolute Gasteiger partial charge is 0.487 e. The van der Waals surface area contributed by atoms with Gasteiger partial charge in [0, 0.05) is 50.3 Å². The minimum absolute atomic E-state index is 0.0393. The molecule has 2 aliphatic heterocycles. The molecule has 0 amide bonds. The number of hydrogen-bond acceptors (Lipinski definition) is 5. The van der Waals surface area contributed by atoms with Gasteiger partial charge in [0.25, 0.3) is 5.56 Å². The number of aromatic nitrogens is 2. The van der Waals surface area contributed by atoms with Crippen molar-refractivity contribution in [3.63, 3.8) is 0 Å². The first-order chi connectivity index (χ1) is 18.6. The number of pyridine rings is 2. The van der Waals surface area contributed by atoms with Crippen LogP contribution < -0.4 is 15.6 Å². The highest BCUT2D eigenvalue weighted by atomic mass is 19.1. The third-order valence-corrected chi connectivity index (χ3v) is 7.69. The number of nitrogens with zero attached hydrogens (tertiary/aromatic N) is 3. The summed E-state index contributed by atoms with van der Waals surface area (Å²) in [6, 6.07) is 7.00. The summed E-state index contributed by atoms with van der Waals surface area (Å²) in [5.74, 6) is 0.732. The summed E-state index contributed by atoms with van der Waals surface area (Å²) < 4.78 is 23.1. The lowest BCUT2D eigenvalue weighted by atomic mass is 9.96. The van der Waals surface area contributed by atoms with Crippen LogP contribution in [0.2, 0.25) is 0 Å². The number of halogens is 1. The maximum Gasteiger partial charge on any atom is 0.260 e. The van der Waals surface area contributed by atoms with Crippen LogP contribution in [0.5, 0.6) is 5.75 Å². The summed E-state index contributed by atoms with van der Waals surface area (Å²) >= 11 is 0. The maximum absolute atomic E-state index is 15.2. The molecule has 0 atom stereocenters. The first kappa shape index (κ1) is 28.2. The van der Waals surface area contributed by atoms with Gasteiger partial charge in [-0.2, -0.15) is 0 Å². The lowest BCUT2D eigenvalue weighted by Crippen LogP contribution is -2.42. The highest BCUT2D eigenvalue weighted by molar-refractivity contribution is 5.95. The summed E-state index contributed by atoms with van der Waals surface area (Å²) in [6.07, 6.45) is 11.4. The van der Waals surface area contributed by atoms with E-state index in [1.165, 1.54) is 25.5 Å². The Balaban J connectivity index is 0.00000164. The zero-order valence-corrected chi connectivity index (χ0v) is 23.2. The molecule has 2 fully saturated rings. The summed E-state index contributed by atoms with van der Waals surface area (Å²) in [4.78, 5) is 19.6. The number of ether oxygens (including phenoxy) is 1. The van der Waals surface area contributed by atoms with Crippen molar-refractivity contribution < 1.29 is 9.13 Å². The number of rotatable bonds is 8. The van der Waals surface area contributed by atoms with Gasteiger partial charge in [-0.05, 0) is 80.3 Å². The van der Waals surface area contributed by atoms with Gasteiger partial charge in [-0.1, -0.05) is 33.3 Å². The molecular formula is C31H43FN4O2. The second-order valence-electron chi connectivity index (χ2n) is 10.3. The average molecular weight is 523 g/mol. The fourth-order valence-corrected chi connectivity index (χ4v) is 5.55. The Morgan fingerprint density at radius 2 is 1.84 bits per heavy atom. The number of unbranched alkanes of at least 4 members (excludes halogenated alkanes) is 1. The van der Waals surface area contributed by atoms with E-state index in [1.54, 1.807) is 23.0 Å². The van der Waals surface area contributed by atoms with Crippen LogP contribution in [0.3, 0.4) is 0 Å². The molecule has 0 saturated carbocycles. The van der Waals surface area contributed by atoms with Crippen LogP contribution in [0.4, 0.5) is 4.39 Å². The lowest BCUT2D eigenvalue weighted by molar-refractivity contribution is 0.0846. The molecule has 5 rings (SSSR count). The Morgan fingerprint density at radius 3 is 2.55 bits per heavy atom. The van der Waals surface area contributed by atoms with Crippen LogP contribution >= 0.6 is 0 Å². The zero-order chi connectivity index (χ0) is 26.9. The van der Waals surface area contributed by atoms with Crippen molar-refractivity contribution in [1.29, 1.82) is 0 Å². The zero-order valence-electron chi connectivity index (χ0n) is 23.2. The van der Waals surface area contributed by atoms with Crippen LogP contribution in [0, 0.1) is 11.7 Å². The quantitative estimate of drug-likeness (QED) is 0.401. The van der Waals surface area contributed by atoms with Crippen molar-refractivity contribution in [2.24, 2.45) is 5.92 Å². The van der Waals surface area contributed by atoms with Gasteiger partial charge in [-0.25, -0.2) is 4.39 Å². The number of nitrogens with one attached hydrogen (secondary N) is 1. The van der Waals surface area contributed by atoms with E-state index in [0.29, 0.717) is 17.7 Å². The van der Waals surface area contributed by atoms with Crippen molar-refractivity contribution in [3.05, 3.63) is 59.0 Å². The van der Waals surface area contributed by atoms with Crippen LogP contribution in [0.1, 0.15) is 59.3 Å². The smallest absolute Gasteiger partial charge is 0.260 e. The molecule has 0 radical (unpaired) electrons. The third kappa shape index (κ3) is 6.80. The first-order valence-electron chi connectivity index (χ1n) is 14.5. The molecule has 1 N–H and O–H groups in total. The highest BCUT2D eigenvalue weighted by Gasteiger charge is 2.24. The molecule has 2 aromatic heterocycles. The highest BCUT2D eigenvalue weighted by Crippen LogP contribution is 2.31. The molecule has 0 spiro atoms. The topological polar surface area (TPSA) is 59.4 Å². The fraction of sp³-hybridized carbons (Fsp3) is 0.548. The average Bonchev–Trinajstić information content (AvgIpc) is 2.96. The summed E-state index contributed by atoms with van der Waals surface area (Å²) in [5.41, 5.74) is 1.51. The molecule has 7 heteroatoms. The van der Waals surface area contributed by atoms with Gasteiger partial charge in [0.1, 0.15) is 6.10 Å². The van der Waals surface area contributed by atoms with E-state index in [4.69, 9.17) is 4.74 Å². The second kappa shape index (κ2) is 13.9. The number of fused-ring (bicyclic) bond motifs is 1. The van der Waals surface area contributed by atoms with Crippen molar-refractivity contribution in [2.45, 2.75) is 71.9 Å². The number of hydrogen-bond donors (Lipinski definition) is 1. The van der Waals surface area contributed by atoms with E-state index >= 15 is 4.39 Å². The van der Waals surface area contributed by atoms with E-state index in [2.05, 4.69) is 22.1 Å². The fourth-order valence-electron chi connectivity index (χ4n) is 5.55. The van der Waals surface area contributed by atoms with Crippen LogP contribution in [0.25, 0.3) is 21.9 Å². The van der Waals surface area contributed by atoms with Gasteiger partial charge in [-0.3, -0.25) is 9.78 Å². The van der Waals surface area contributed by atoms with Gasteiger partial charge in [0.2, 0.25) is 0 Å². The monoisotopic (exact) mass is 522 g/mol. The number of aryl methyl sites for hydroxylation is 1. The Bertz CT molecular complexity index is 1230. The summed E-state index contributed by atoms with van der Waals surface area (Å²) in [5, 5.41) is 4.78. The van der Waals surface area contributed by atoms with E-state index in [9.17, 15) is 4.79 Å². The summed E-state index contributed by atoms with van der Waals surface area (Å²) in [7, 11) is 0. The molecule has 4 heterocycles. The number of benzene rings is 1. The van der Waals surface area contributed by atoms with E-state index in [-0.39, 0.29) is 17.5 Å². The Hall–Kier alpha value is -2.77. The predicted octanol–water partition coefficient (Wildman–Crippen LogP) is 5.87. The lowest BCUT2D eigenvalue weighted by Gasteiger charge is -2.35. The SMILES string of the molecule is CC.CCCCn1cc(-c2ccc(OC3CCN(CC4CCNCC4)CC3)c(F)c2)c2ccncc2c1=O.